The fourth-order valence-corrected chi connectivity index (χ4v) is 16.0. The van der Waals surface area contributed by atoms with E-state index in [-0.39, 0.29) is 72.1 Å². The number of aromatic carboxylic acids is 1. The van der Waals surface area contributed by atoms with Crippen LogP contribution in [-0.4, -0.2) is 163 Å². The number of aliphatic hydroxyl groups is 4. The Balaban J connectivity index is 0.740. The lowest BCUT2D eigenvalue weighted by molar-refractivity contribution is -0.271. The van der Waals surface area contributed by atoms with Crippen molar-refractivity contribution < 1.29 is 73.5 Å². The molecule has 12 rings (SSSR count). The van der Waals surface area contributed by atoms with E-state index in [1.54, 1.807) is 25.4 Å². The van der Waals surface area contributed by atoms with Crippen LogP contribution in [-0.2, 0) is 49.9 Å². The molecule has 5 heterocycles. The van der Waals surface area contributed by atoms with Crippen molar-refractivity contribution in [3.05, 3.63) is 113 Å². The van der Waals surface area contributed by atoms with Gasteiger partial charge in [-0.25, -0.2) is 19.6 Å². The Morgan fingerprint density at radius 3 is 2.42 bits per heavy atom. The predicted octanol–water partition coefficient (Wildman–Crippen LogP) is 5.14. The second-order valence-electron chi connectivity index (χ2n) is 25.2. The summed E-state index contributed by atoms with van der Waals surface area (Å²) in [5.41, 5.74) is 10.6. The highest BCUT2D eigenvalue weighted by Crippen LogP contribution is 2.72. The number of nitrogens with two attached hydrogens (primary N) is 1. The number of fused-ring (bicyclic) bond motifs is 2. The van der Waals surface area contributed by atoms with Gasteiger partial charge in [0.15, 0.2) is 16.9 Å². The maximum atomic E-state index is 13.9. The molecule has 3 aromatic heterocycles. The number of nitrogens with zero attached hydrogens (tertiary/aromatic N) is 5. The zero-order valence-electron chi connectivity index (χ0n) is 49.6. The van der Waals surface area contributed by atoms with E-state index in [2.05, 4.69) is 34.8 Å². The number of thiazole rings is 1. The fraction of sp³-hybridized carbons (Fsp3) is 0.508. The Morgan fingerprint density at radius 1 is 0.898 bits per heavy atom. The summed E-state index contributed by atoms with van der Waals surface area (Å²) in [4.78, 5) is 63.9. The lowest BCUT2D eigenvalue weighted by Crippen LogP contribution is -2.64. The maximum absolute atomic E-state index is 13.9. The van der Waals surface area contributed by atoms with E-state index in [0.29, 0.717) is 72.2 Å². The molecule has 88 heavy (non-hydrogen) atoms. The first-order valence-corrected chi connectivity index (χ1v) is 30.6. The average Bonchev–Trinajstić information content (AvgIpc) is 1.09. The van der Waals surface area contributed by atoms with Crippen molar-refractivity contribution in [1.29, 1.82) is 0 Å². The fourth-order valence-electron chi connectivity index (χ4n) is 15.2. The Morgan fingerprint density at radius 2 is 1.68 bits per heavy atom. The number of carboxylic acids is 2. The highest BCUT2D eigenvalue weighted by atomic mass is 32.1. The molecular weight excluding hydrogens is 1150 g/mol. The summed E-state index contributed by atoms with van der Waals surface area (Å²) in [7, 11) is 1.58. The molecule has 24 nitrogen and oxygen atoms in total. The molecule has 0 radical (unpaired) electrons. The maximum Gasteiger partial charge on any atom is 0.355 e. The van der Waals surface area contributed by atoms with Crippen LogP contribution >= 0.6 is 11.3 Å². The van der Waals surface area contributed by atoms with Crippen molar-refractivity contribution in [2.24, 2.45) is 22.0 Å². The van der Waals surface area contributed by atoms with Crippen molar-refractivity contribution >= 4 is 56.3 Å². The van der Waals surface area contributed by atoms with E-state index < -0.39 is 66.5 Å². The van der Waals surface area contributed by atoms with Crippen molar-refractivity contribution in [2.75, 3.05) is 50.1 Å². The van der Waals surface area contributed by atoms with Crippen LogP contribution in [0.4, 0.5) is 10.9 Å². The van der Waals surface area contributed by atoms with E-state index in [0.717, 1.165) is 65.6 Å². The summed E-state index contributed by atoms with van der Waals surface area (Å²) in [6.45, 7) is 9.00. The predicted molar refractivity (Wildman–Crippen MR) is 323 cm³/mol. The first-order chi connectivity index (χ1) is 42.1. The summed E-state index contributed by atoms with van der Waals surface area (Å²) < 4.78 is 32.9. The Bertz CT molecular complexity index is 3530. The number of amides is 1. The number of ether oxygens (including phenoxy) is 5. The number of aliphatic hydroxyl groups excluding tert-OH is 4. The highest BCUT2D eigenvalue weighted by molar-refractivity contribution is 7.22. The molecule has 4 aliphatic carbocycles. The molecule has 6 aromatic rings. The van der Waals surface area contributed by atoms with Gasteiger partial charge >= 0.3 is 17.9 Å². The molecule has 9 atom stereocenters. The summed E-state index contributed by atoms with van der Waals surface area (Å²) in [5.74, 6) is -2.86. The topological polar surface area (TPSA) is 345 Å². The third kappa shape index (κ3) is 13.1. The van der Waals surface area contributed by atoms with Crippen LogP contribution in [0.25, 0.3) is 21.3 Å². The second-order valence-corrected chi connectivity index (χ2v) is 26.2. The van der Waals surface area contributed by atoms with Gasteiger partial charge < -0.3 is 70.3 Å². The van der Waals surface area contributed by atoms with Crippen LogP contribution in [0.1, 0.15) is 108 Å². The molecule has 5 fully saturated rings. The first-order valence-electron chi connectivity index (χ1n) is 29.8. The van der Waals surface area contributed by atoms with Crippen molar-refractivity contribution in [3.8, 4) is 22.6 Å². The molecule has 4 unspecified atom stereocenters. The van der Waals surface area contributed by atoms with Crippen molar-refractivity contribution in [2.45, 2.75) is 147 Å². The lowest BCUT2D eigenvalue weighted by atomic mass is 9.39. The molecule has 1 saturated heterocycles. The number of para-hydroxylation sites is 1. The Kier molecular flexibility index (Phi) is 18.0. The lowest BCUT2D eigenvalue weighted by Gasteiger charge is -2.69. The minimum Gasteiger partial charge on any atom is -0.493 e. The van der Waals surface area contributed by atoms with Gasteiger partial charge in [-0.05, 0) is 142 Å². The van der Waals surface area contributed by atoms with Gasteiger partial charge in [-0.3, -0.25) is 24.9 Å². The number of esters is 1. The number of nitrogens with one attached hydrogen (secondary N) is 3. The molecule has 1 amide bonds. The van der Waals surface area contributed by atoms with Crippen LogP contribution in [0.15, 0.2) is 79.0 Å². The molecule has 11 N–H and O–H groups in total. The largest absolute Gasteiger partial charge is 0.493 e. The van der Waals surface area contributed by atoms with Crippen LogP contribution < -0.4 is 36.1 Å². The first kappa shape index (κ1) is 62.4. The third-order valence-electron chi connectivity index (χ3n) is 18.0. The molecule has 0 spiro atoms. The van der Waals surface area contributed by atoms with Gasteiger partial charge in [0.25, 0.3) is 5.91 Å². The molecule has 470 valence electrons. The minimum atomic E-state index is -1.90. The number of anilines is 2. The van der Waals surface area contributed by atoms with Gasteiger partial charge in [0, 0.05) is 66.6 Å². The third-order valence-corrected chi connectivity index (χ3v) is 19.0. The van der Waals surface area contributed by atoms with Gasteiger partial charge in [0.1, 0.15) is 54.5 Å². The van der Waals surface area contributed by atoms with Crippen LogP contribution in [0.3, 0.4) is 0 Å². The normalized spacial score (nSPS) is 27.0. The standard InChI is InChI=1S/C63H77N9O15S/c1-35-41(39-15-16-47(69-49(39)55(78)79)71-20-17-36-9-7-10-40(42(36)26-71)54(77)70-59-68-43-11-5-6-12-46(43)88-59)25-67-72(35)34-62-29-60(2)28-61(3,30-62)32-63(31-60,33-62)85-22-19-66-44(24-48(73)65-4)57(82)84-27-37-13-14-38(23-45(37)83-21-8-18-64)86-58-52(76)50(74)51(75)53(87-58)56(80)81/h5-7,9-16,23,25,44,48,50-53,58,65-66,73-76H,8,17-22,24,26-34,64H2,1-4H3,(H,78,79)(H,80,81)(H,68,70,77)/t44?,48?,50-,51-,52+,53-,58+,60?,61?,62?,63?/m0/s1. The number of carbonyl (C=O) groups excluding carboxylic acids is 2. The van der Waals surface area contributed by atoms with Gasteiger partial charge in [0.2, 0.25) is 6.29 Å². The highest BCUT2D eigenvalue weighted by Gasteiger charge is 2.66. The van der Waals surface area contributed by atoms with Crippen LogP contribution in [0.2, 0.25) is 0 Å². The number of pyridine rings is 1. The SMILES string of the molecule is CNC(O)CC(NCCOC12CC3(C)CC(C)(CC(Cn4ncc(-c5ccc(N6CCc7cccc(C(=O)Nc8nc9ccccc9s8)c7C6)nc5C(=O)O)c4C)(C3)C1)C2)C(=O)OCc1ccc(O[C@@H]2O[C@H](C(=O)O)[C@@H](O)[C@H](O)[C@H]2O)cc1OCCCN. The van der Waals surface area contributed by atoms with Crippen molar-refractivity contribution in [1.82, 2.24) is 30.4 Å². The molecule has 3 aromatic carbocycles. The van der Waals surface area contributed by atoms with E-state index in [1.165, 1.54) is 23.5 Å². The average molecular weight is 1230 g/mol. The number of aromatic nitrogens is 4. The Hall–Kier alpha value is -7.17. The van der Waals surface area contributed by atoms with Gasteiger partial charge in [0.05, 0.1) is 35.2 Å². The smallest absolute Gasteiger partial charge is 0.355 e. The number of hydrogen-bond donors (Lipinski definition) is 10. The summed E-state index contributed by atoms with van der Waals surface area (Å²) in [5, 5.41) is 76.4. The minimum absolute atomic E-state index is 0.0200. The summed E-state index contributed by atoms with van der Waals surface area (Å²) in [6.07, 6.45) is -1.80. The zero-order chi connectivity index (χ0) is 62.3. The quantitative estimate of drug-likeness (QED) is 0.0201. The van der Waals surface area contributed by atoms with E-state index in [9.17, 15) is 49.8 Å². The summed E-state index contributed by atoms with van der Waals surface area (Å²) in [6, 6.07) is 20.6. The van der Waals surface area contributed by atoms with Gasteiger partial charge in [-0.15, -0.1) is 0 Å². The Labute approximate surface area is 512 Å². The number of aliphatic carboxylic acids is 1. The van der Waals surface area contributed by atoms with Crippen molar-refractivity contribution in [3.63, 3.8) is 0 Å². The van der Waals surface area contributed by atoms with Gasteiger partial charge in [-0.2, -0.15) is 5.10 Å². The molecule has 4 bridgehead atoms. The van der Waals surface area contributed by atoms with Crippen LogP contribution in [0, 0.1) is 23.2 Å². The van der Waals surface area contributed by atoms with Gasteiger partial charge in [-0.1, -0.05) is 49.4 Å². The number of rotatable bonds is 25. The molecule has 2 aliphatic heterocycles. The molecule has 6 aliphatic rings. The van der Waals surface area contributed by atoms with Crippen LogP contribution in [0.5, 0.6) is 11.5 Å². The number of carbonyl (C=O) groups is 4. The molecule has 25 heteroatoms. The number of carboxylic acid groups (broad SMARTS) is 2. The number of hydrogen-bond acceptors (Lipinski definition) is 21. The zero-order valence-corrected chi connectivity index (χ0v) is 50.5. The molecule has 4 saturated carbocycles. The second kappa shape index (κ2) is 25.4. The van der Waals surface area contributed by atoms with E-state index >= 15 is 0 Å². The van der Waals surface area contributed by atoms with E-state index in [1.807, 2.05) is 65.0 Å². The monoisotopic (exact) mass is 1230 g/mol. The number of benzene rings is 3. The summed E-state index contributed by atoms with van der Waals surface area (Å²) >= 11 is 1.41. The van der Waals surface area contributed by atoms with E-state index in [4.69, 9.17) is 39.5 Å². The molecular formula is C63H77N9O15S.